The van der Waals surface area contributed by atoms with Gasteiger partial charge in [0.2, 0.25) is 0 Å². The Morgan fingerprint density at radius 3 is 2.92 bits per heavy atom. The van der Waals surface area contributed by atoms with E-state index in [-0.39, 0.29) is 0 Å². The molecule has 0 unspecified atom stereocenters. The van der Waals surface area contributed by atoms with Crippen molar-refractivity contribution in [3.05, 3.63) is 36.0 Å². The molecule has 0 aliphatic carbocycles. The molecule has 0 aliphatic rings. The average Bonchev–Trinajstić information content (AvgIpc) is 2.59. The van der Waals surface area contributed by atoms with Crippen LogP contribution in [-0.2, 0) is 6.54 Å². The second-order valence-corrected chi connectivity index (χ2v) is 3.02. The molecule has 0 saturated carbocycles. The summed E-state index contributed by atoms with van der Waals surface area (Å²) >= 11 is 0. The van der Waals surface area contributed by atoms with E-state index in [9.17, 15) is 0 Å². The Morgan fingerprint density at radius 1 is 1.38 bits per heavy atom. The van der Waals surface area contributed by atoms with Crippen LogP contribution < -0.4 is 0 Å². The zero-order chi connectivity index (χ0) is 9.26. The Kier molecular flexibility index (Phi) is 1.83. The van der Waals surface area contributed by atoms with E-state index in [2.05, 4.69) is 35.7 Å². The van der Waals surface area contributed by atoms with E-state index < -0.39 is 0 Å². The van der Waals surface area contributed by atoms with Crippen LogP contribution in [0.5, 0.6) is 0 Å². The molecule has 0 atom stereocenters. The van der Waals surface area contributed by atoms with Crippen LogP contribution in [0.25, 0.3) is 10.9 Å². The van der Waals surface area contributed by atoms with Crippen LogP contribution in [0.2, 0.25) is 0 Å². The highest BCUT2D eigenvalue weighted by atomic mass is 14.9. The van der Waals surface area contributed by atoms with Gasteiger partial charge in [0.05, 0.1) is 0 Å². The lowest BCUT2D eigenvalue weighted by atomic mass is 10.2. The van der Waals surface area contributed by atoms with Crippen LogP contribution >= 0.6 is 0 Å². The van der Waals surface area contributed by atoms with Gasteiger partial charge in [-0.3, -0.25) is 0 Å². The van der Waals surface area contributed by atoms with E-state index in [1.807, 2.05) is 12.1 Å². The van der Waals surface area contributed by atoms with E-state index in [0.717, 1.165) is 12.1 Å². The summed E-state index contributed by atoms with van der Waals surface area (Å²) in [7, 11) is 0. The molecule has 1 aromatic carbocycles. The van der Waals surface area contributed by atoms with Gasteiger partial charge in [-0.25, -0.2) is 0 Å². The smallest absolute Gasteiger partial charge is 0.0481 e. The first kappa shape index (κ1) is 7.94. The van der Waals surface area contributed by atoms with Crippen molar-refractivity contribution in [2.24, 2.45) is 0 Å². The molecule has 0 amide bonds. The average molecular weight is 169 g/mol. The third-order valence-electron chi connectivity index (χ3n) is 2.28. The third kappa shape index (κ3) is 1.21. The summed E-state index contributed by atoms with van der Waals surface area (Å²) in [6.45, 7) is 3.13. The largest absolute Gasteiger partial charge is 0.348 e. The van der Waals surface area contributed by atoms with Crippen molar-refractivity contribution >= 4 is 10.9 Å². The molecule has 0 saturated heterocycles. The van der Waals surface area contributed by atoms with Gasteiger partial charge in [-0.05, 0) is 31.2 Å². The zero-order valence-corrected chi connectivity index (χ0v) is 7.62. The van der Waals surface area contributed by atoms with Crippen molar-refractivity contribution in [3.63, 3.8) is 0 Å². The minimum absolute atomic E-state index is 0.946. The van der Waals surface area contributed by atoms with Crippen molar-refractivity contribution < 1.29 is 0 Å². The number of benzene rings is 1. The second kappa shape index (κ2) is 2.99. The maximum absolute atomic E-state index is 5.32. The minimum atomic E-state index is 0.946. The molecular formula is C12H11N. The molecule has 2 aromatic rings. The number of aromatic nitrogens is 1. The molecule has 13 heavy (non-hydrogen) atoms. The highest BCUT2D eigenvalue weighted by Gasteiger charge is 1.98. The predicted molar refractivity (Wildman–Crippen MR) is 55.5 cm³/mol. The molecule has 0 N–H and O–H groups in total. The molecule has 1 nitrogen and oxygen atoms in total. The number of hydrogen-bond acceptors (Lipinski definition) is 0. The summed E-state index contributed by atoms with van der Waals surface area (Å²) in [4.78, 5) is 0. The Balaban J connectivity index is 2.70. The third-order valence-corrected chi connectivity index (χ3v) is 2.28. The van der Waals surface area contributed by atoms with Crippen molar-refractivity contribution in [3.8, 4) is 12.3 Å². The normalized spacial score (nSPS) is 10.2. The van der Waals surface area contributed by atoms with Crippen LogP contribution in [0.3, 0.4) is 0 Å². The minimum Gasteiger partial charge on any atom is -0.348 e. The summed E-state index contributed by atoms with van der Waals surface area (Å²) in [6.07, 6.45) is 7.41. The van der Waals surface area contributed by atoms with Crippen LogP contribution in [-0.4, -0.2) is 4.57 Å². The highest BCUT2D eigenvalue weighted by Crippen LogP contribution is 2.16. The topological polar surface area (TPSA) is 4.93 Å². The van der Waals surface area contributed by atoms with Gasteiger partial charge in [-0.2, -0.15) is 0 Å². The van der Waals surface area contributed by atoms with Gasteiger partial charge in [0, 0.05) is 29.2 Å². The number of fused-ring (bicyclic) bond motifs is 1. The van der Waals surface area contributed by atoms with Crippen LogP contribution in [0.15, 0.2) is 30.5 Å². The standard InChI is InChI=1S/C12H11N/c1-3-10-5-6-12-11(9-10)7-8-13(12)4-2/h1,5-9H,4H2,2H3. The van der Waals surface area contributed by atoms with E-state index >= 15 is 0 Å². The number of nitrogens with zero attached hydrogens (tertiary/aromatic N) is 1. The SMILES string of the molecule is C#Cc1ccc2c(ccn2CC)c1. The summed E-state index contributed by atoms with van der Waals surface area (Å²) in [6, 6.07) is 8.20. The van der Waals surface area contributed by atoms with Gasteiger partial charge in [-0.1, -0.05) is 5.92 Å². The summed E-state index contributed by atoms with van der Waals surface area (Å²) < 4.78 is 2.20. The fraction of sp³-hybridized carbons (Fsp3) is 0.167. The molecule has 1 heterocycles. The van der Waals surface area contributed by atoms with Gasteiger partial charge < -0.3 is 4.57 Å². The van der Waals surface area contributed by atoms with Crippen molar-refractivity contribution in [1.82, 2.24) is 4.57 Å². The Bertz CT molecular complexity index is 471. The lowest BCUT2D eigenvalue weighted by Crippen LogP contribution is -1.89. The maximum atomic E-state index is 5.32. The Morgan fingerprint density at radius 2 is 2.23 bits per heavy atom. The molecule has 0 radical (unpaired) electrons. The first-order chi connectivity index (χ1) is 6.35. The van der Waals surface area contributed by atoms with Gasteiger partial charge in [0.25, 0.3) is 0 Å². The monoisotopic (exact) mass is 169 g/mol. The molecule has 1 heteroatoms. The number of terminal acetylenes is 1. The summed E-state index contributed by atoms with van der Waals surface area (Å²) in [5, 5.41) is 1.22. The van der Waals surface area contributed by atoms with E-state index in [0.29, 0.717) is 0 Å². The van der Waals surface area contributed by atoms with E-state index in [1.54, 1.807) is 0 Å². The van der Waals surface area contributed by atoms with Crippen molar-refractivity contribution in [2.45, 2.75) is 13.5 Å². The van der Waals surface area contributed by atoms with E-state index in [1.165, 1.54) is 10.9 Å². The van der Waals surface area contributed by atoms with Gasteiger partial charge >= 0.3 is 0 Å². The summed E-state index contributed by atoms with van der Waals surface area (Å²) in [5.41, 5.74) is 2.20. The predicted octanol–water partition coefficient (Wildman–Crippen LogP) is 2.64. The molecule has 0 aliphatic heterocycles. The molecule has 64 valence electrons. The summed E-state index contributed by atoms with van der Waals surface area (Å²) in [5.74, 6) is 2.64. The Hall–Kier alpha value is -1.68. The van der Waals surface area contributed by atoms with Crippen molar-refractivity contribution in [2.75, 3.05) is 0 Å². The first-order valence-electron chi connectivity index (χ1n) is 4.40. The van der Waals surface area contributed by atoms with Gasteiger partial charge in [-0.15, -0.1) is 6.42 Å². The van der Waals surface area contributed by atoms with Gasteiger partial charge in [0.1, 0.15) is 0 Å². The zero-order valence-electron chi connectivity index (χ0n) is 7.62. The molecule has 0 bridgehead atoms. The van der Waals surface area contributed by atoms with Crippen LogP contribution in [0.1, 0.15) is 12.5 Å². The lowest BCUT2D eigenvalue weighted by molar-refractivity contribution is 0.797. The lowest BCUT2D eigenvalue weighted by Gasteiger charge is -1.99. The molecule has 1 aromatic heterocycles. The second-order valence-electron chi connectivity index (χ2n) is 3.02. The number of hydrogen-bond donors (Lipinski definition) is 0. The molecule has 0 spiro atoms. The first-order valence-corrected chi connectivity index (χ1v) is 4.40. The highest BCUT2D eigenvalue weighted by molar-refractivity contribution is 5.81. The number of aryl methyl sites for hydroxylation is 1. The van der Waals surface area contributed by atoms with Gasteiger partial charge in [0.15, 0.2) is 0 Å². The molecule has 0 fully saturated rings. The van der Waals surface area contributed by atoms with Crippen LogP contribution in [0, 0.1) is 12.3 Å². The molecular weight excluding hydrogens is 158 g/mol. The fourth-order valence-corrected chi connectivity index (χ4v) is 1.57. The van der Waals surface area contributed by atoms with Crippen molar-refractivity contribution in [1.29, 1.82) is 0 Å². The quantitative estimate of drug-likeness (QED) is 0.578. The number of rotatable bonds is 1. The Labute approximate surface area is 78.0 Å². The van der Waals surface area contributed by atoms with Crippen LogP contribution in [0.4, 0.5) is 0 Å². The van der Waals surface area contributed by atoms with E-state index in [4.69, 9.17) is 6.42 Å². The molecule has 2 rings (SSSR count). The maximum Gasteiger partial charge on any atom is 0.0481 e. The fourth-order valence-electron chi connectivity index (χ4n) is 1.57.